The third-order valence-electron chi connectivity index (χ3n) is 7.61. The molecule has 2 amide bonds. The predicted octanol–water partition coefficient (Wildman–Crippen LogP) is 2.90. The smallest absolute Gasteiger partial charge is 0.321 e. The molecule has 3 fully saturated rings. The fraction of sp³-hybridized carbons (Fsp3) is 0.538. The zero-order valence-corrected chi connectivity index (χ0v) is 20.9. The predicted molar refractivity (Wildman–Crippen MR) is 143 cm³/mol. The number of amides is 2. The van der Waals surface area contributed by atoms with Gasteiger partial charge in [-0.15, -0.1) is 0 Å². The van der Waals surface area contributed by atoms with Crippen LogP contribution >= 0.6 is 0 Å². The Balaban J connectivity index is 1.17. The van der Waals surface area contributed by atoms with Crippen molar-refractivity contribution >= 4 is 29.4 Å². The number of urea groups is 1. The number of aromatic amines is 1. The summed E-state index contributed by atoms with van der Waals surface area (Å²) in [6, 6.07) is 8.13. The largest absolute Gasteiger partial charge is 0.369 e. The molecule has 0 radical (unpaired) electrons. The molecule has 3 heterocycles. The number of benzene rings is 1. The molecule has 1 aliphatic carbocycles. The Kier molecular flexibility index (Phi) is 7.22. The van der Waals surface area contributed by atoms with E-state index in [1.165, 1.54) is 24.9 Å². The topological polar surface area (TPSA) is 120 Å². The van der Waals surface area contributed by atoms with Gasteiger partial charge in [0.2, 0.25) is 0 Å². The number of piperazine rings is 1. The molecule has 2 aromatic rings. The number of hydrogen-bond acceptors (Lipinski definition) is 7. The van der Waals surface area contributed by atoms with Crippen LogP contribution in [0.3, 0.4) is 0 Å². The third-order valence-corrected chi connectivity index (χ3v) is 7.61. The van der Waals surface area contributed by atoms with Crippen molar-refractivity contribution in [2.75, 3.05) is 61.8 Å². The van der Waals surface area contributed by atoms with Crippen molar-refractivity contribution in [3.63, 3.8) is 0 Å². The Morgan fingerprint density at radius 1 is 1.08 bits per heavy atom. The molecular formula is C26H36N8O2. The maximum atomic E-state index is 12.8. The molecule has 0 bridgehead atoms. The lowest BCUT2D eigenvalue weighted by atomic mass is 9.95. The molecule has 36 heavy (non-hydrogen) atoms. The van der Waals surface area contributed by atoms with Crippen molar-refractivity contribution in [2.24, 2.45) is 0 Å². The normalized spacial score (nSPS) is 19.6. The number of carbonyl (C=O) groups is 1. The molecule has 0 spiro atoms. The van der Waals surface area contributed by atoms with Crippen molar-refractivity contribution in [2.45, 2.75) is 44.1 Å². The van der Waals surface area contributed by atoms with Crippen LogP contribution in [0.5, 0.6) is 0 Å². The Morgan fingerprint density at radius 3 is 2.44 bits per heavy atom. The van der Waals surface area contributed by atoms with Crippen LogP contribution < -0.4 is 21.1 Å². The average Bonchev–Trinajstić information content (AvgIpc) is 2.85. The van der Waals surface area contributed by atoms with Gasteiger partial charge in [-0.3, -0.25) is 4.79 Å². The minimum absolute atomic E-state index is 0.0326. The standard InChI is InChI=1S/C26H36N8O2/c1-32-11-13-33(14-12-32)21-9-7-20(8-10-21)29-26(36)34-16-18(17-34)23-30-24(22(15-27)25(35)31-23)28-19-5-3-2-4-6-19/h7-10,15,18-19,27H,2-6,11-14,16-17H2,1H3,(H,29,36)(H2,28,30,31,35). The van der Waals surface area contributed by atoms with Crippen molar-refractivity contribution in [3.05, 3.63) is 46.0 Å². The lowest BCUT2D eigenvalue weighted by molar-refractivity contribution is 0.160. The molecule has 0 unspecified atom stereocenters. The first-order chi connectivity index (χ1) is 17.5. The van der Waals surface area contributed by atoms with Crippen molar-refractivity contribution in [1.29, 1.82) is 5.41 Å². The van der Waals surface area contributed by atoms with Gasteiger partial charge in [0.05, 0.1) is 11.5 Å². The second-order valence-corrected chi connectivity index (χ2v) is 10.2. The highest BCUT2D eigenvalue weighted by Gasteiger charge is 2.34. The van der Waals surface area contributed by atoms with E-state index in [-0.39, 0.29) is 29.1 Å². The number of nitrogens with zero attached hydrogens (tertiary/aromatic N) is 4. The molecule has 2 saturated heterocycles. The number of nitrogens with one attached hydrogen (secondary N) is 4. The number of anilines is 3. The summed E-state index contributed by atoms with van der Waals surface area (Å²) < 4.78 is 0. The number of rotatable bonds is 6. The van der Waals surface area contributed by atoms with Gasteiger partial charge in [-0.2, -0.15) is 0 Å². The molecule has 10 heteroatoms. The van der Waals surface area contributed by atoms with Gasteiger partial charge in [-0.1, -0.05) is 19.3 Å². The van der Waals surface area contributed by atoms with E-state index in [0.717, 1.165) is 50.9 Å². The number of aromatic nitrogens is 2. The van der Waals surface area contributed by atoms with Crippen LogP contribution in [0, 0.1) is 5.41 Å². The number of hydrogen-bond donors (Lipinski definition) is 4. The van der Waals surface area contributed by atoms with E-state index in [1.54, 1.807) is 4.90 Å². The maximum absolute atomic E-state index is 12.8. The number of H-pyrrole nitrogens is 1. The first-order valence-electron chi connectivity index (χ1n) is 13.0. The summed E-state index contributed by atoms with van der Waals surface area (Å²) in [4.78, 5) is 39.3. The van der Waals surface area contributed by atoms with E-state index in [4.69, 9.17) is 5.41 Å². The van der Waals surface area contributed by atoms with Crippen molar-refractivity contribution in [1.82, 2.24) is 19.8 Å². The Labute approximate surface area is 211 Å². The molecule has 5 rings (SSSR count). The summed E-state index contributed by atoms with van der Waals surface area (Å²) >= 11 is 0. The van der Waals surface area contributed by atoms with Crippen LogP contribution in [0.4, 0.5) is 22.0 Å². The molecule has 1 aromatic heterocycles. The first-order valence-corrected chi connectivity index (χ1v) is 13.0. The van der Waals surface area contributed by atoms with Crippen LogP contribution in [0.15, 0.2) is 29.1 Å². The van der Waals surface area contributed by atoms with Crippen molar-refractivity contribution < 1.29 is 4.79 Å². The minimum atomic E-state index is -0.309. The summed E-state index contributed by atoms with van der Waals surface area (Å²) in [6.07, 6.45) is 6.74. The van der Waals surface area contributed by atoms with E-state index in [2.05, 4.69) is 49.6 Å². The average molecular weight is 493 g/mol. The molecule has 10 nitrogen and oxygen atoms in total. The van der Waals surface area contributed by atoms with E-state index >= 15 is 0 Å². The second kappa shape index (κ2) is 10.7. The van der Waals surface area contributed by atoms with E-state index in [1.807, 2.05) is 12.1 Å². The quantitative estimate of drug-likeness (QED) is 0.460. The highest BCUT2D eigenvalue weighted by atomic mass is 16.2. The fourth-order valence-corrected chi connectivity index (χ4v) is 5.22. The number of carbonyl (C=O) groups excluding carboxylic acids is 1. The van der Waals surface area contributed by atoms with E-state index < -0.39 is 0 Å². The van der Waals surface area contributed by atoms with Gasteiger partial charge in [0.15, 0.2) is 0 Å². The highest BCUT2D eigenvalue weighted by Crippen LogP contribution is 2.27. The van der Waals surface area contributed by atoms with E-state index in [9.17, 15) is 9.59 Å². The molecule has 2 aliphatic heterocycles. The summed E-state index contributed by atoms with van der Waals surface area (Å²) in [7, 11) is 2.14. The van der Waals surface area contributed by atoms with Gasteiger partial charge in [0, 0.05) is 62.9 Å². The maximum Gasteiger partial charge on any atom is 0.321 e. The Bertz CT molecular complexity index is 1130. The second-order valence-electron chi connectivity index (χ2n) is 10.2. The zero-order chi connectivity index (χ0) is 25.1. The molecule has 1 aromatic carbocycles. The molecule has 4 N–H and O–H groups in total. The Hall–Kier alpha value is -3.40. The minimum Gasteiger partial charge on any atom is -0.369 e. The van der Waals surface area contributed by atoms with Crippen LogP contribution in [-0.2, 0) is 0 Å². The van der Waals surface area contributed by atoms with Gasteiger partial charge in [-0.05, 0) is 44.2 Å². The van der Waals surface area contributed by atoms with Gasteiger partial charge in [0.25, 0.3) is 5.56 Å². The molecule has 1 saturated carbocycles. The first kappa shape index (κ1) is 24.3. The number of likely N-dealkylation sites (N-methyl/N-ethyl adjacent to an activating group) is 1. The zero-order valence-electron chi connectivity index (χ0n) is 20.9. The van der Waals surface area contributed by atoms with Crippen LogP contribution in [0.25, 0.3) is 0 Å². The highest BCUT2D eigenvalue weighted by molar-refractivity contribution is 5.90. The summed E-state index contributed by atoms with van der Waals surface area (Å²) in [5, 5.41) is 14.0. The summed E-state index contributed by atoms with van der Waals surface area (Å²) in [5.74, 6) is 1.03. The van der Waals surface area contributed by atoms with Gasteiger partial charge >= 0.3 is 6.03 Å². The van der Waals surface area contributed by atoms with Crippen LogP contribution in [-0.4, -0.2) is 84.4 Å². The van der Waals surface area contributed by atoms with Gasteiger partial charge in [0.1, 0.15) is 11.6 Å². The number of likely N-dealkylation sites (tertiary alicyclic amines) is 1. The van der Waals surface area contributed by atoms with E-state index in [0.29, 0.717) is 24.7 Å². The third kappa shape index (κ3) is 5.38. The monoisotopic (exact) mass is 492 g/mol. The van der Waals surface area contributed by atoms with Gasteiger partial charge < -0.3 is 35.7 Å². The molecule has 3 aliphatic rings. The summed E-state index contributed by atoms with van der Waals surface area (Å²) in [5.41, 5.74) is 1.89. The lowest BCUT2D eigenvalue weighted by Crippen LogP contribution is -2.51. The van der Waals surface area contributed by atoms with Crippen LogP contribution in [0.2, 0.25) is 0 Å². The molecular weight excluding hydrogens is 456 g/mol. The summed E-state index contributed by atoms with van der Waals surface area (Å²) in [6.45, 7) is 5.09. The Morgan fingerprint density at radius 2 is 1.78 bits per heavy atom. The lowest BCUT2D eigenvalue weighted by Gasteiger charge is -2.38. The SMILES string of the molecule is CN1CCN(c2ccc(NC(=O)N3CC(c4nc(NC5CCCCC5)c(C=N)c(=O)[nH]4)C3)cc2)CC1. The molecule has 0 atom stereocenters. The van der Waals surface area contributed by atoms with Gasteiger partial charge in [-0.25, -0.2) is 9.78 Å². The fourth-order valence-electron chi connectivity index (χ4n) is 5.22. The van der Waals surface area contributed by atoms with Crippen LogP contribution in [0.1, 0.15) is 49.4 Å². The molecule has 192 valence electrons. The van der Waals surface area contributed by atoms with Crippen molar-refractivity contribution in [3.8, 4) is 0 Å².